The summed E-state index contributed by atoms with van der Waals surface area (Å²) >= 11 is 0. The van der Waals surface area contributed by atoms with Gasteiger partial charge >= 0.3 is 0 Å². The molecule has 0 saturated carbocycles. The van der Waals surface area contributed by atoms with Crippen LogP contribution in [-0.2, 0) is 4.74 Å². The molecule has 1 amide bonds. The van der Waals surface area contributed by atoms with Crippen LogP contribution in [0.3, 0.4) is 0 Å². The smallest absolute Gasteiger partial charge is 0.251 e. The van der Waals surface area contributed by atoms with Gasteiger partial charge in [0.1, 0.15) is 0 Å². The normalized spacial score (nSPS) is 30.3. The zero-order valence-electron chi connectivity index (χ0n) is 11.3. The number of nitrogens with one attached hydrogen (secondary N) is 3. The molecule has 5 nitrogen and oxygen atoms in total. The Morgan fingerprint density at radius 2 is 2.05 bits per heavy atom. The summed E-state index contributed by atoms with van der Waals surface area (Å²) in [4.78, 5) is 12.3. The molecule has 1 aromatic rings. The largest absolute Gasteiger partial charge is 0.382 e. The van der Waals surface area contributed by atoms with E-state index in [1.807, 2.05) is 18.2 Å². The quantitative estimate of drug-likeness (QED) is 0.765. The fourth-order valence-corrected chi connectivity index (χ4v) is 3.42. The highest BCUT2D eigenvalue weighted by molar-refractivity contribution is 5.96. The number of hydrogen-bond acceptors (Lipinski definition) is 4. The maximum atomic E-state index is 12.3. The van der Waals surface area contributed by atoms with Gasteiger partial charge in [0.2, 0.25) is 0 Å². The highest BCUT2D eigenvalue weighted by Gasteiger charge is 2.41. The third-order valence-electron chi connectivity index (χ3n) is 4.46. The molecule has 3 atom stereocenters. The van der Waals surface area contributed by atoms with Crippen LogP contribution in [0.25, 0.3) is 0 Å². The Morgan fingerprint density at radius 3 is 2.80 bits per heavy atom. The molecule has 2 fully saturated rings. The lowest BCUT2D eigenvalue weighted by Crippen LogP contribution is -2.41. The summed E-state index contributed by atoms with van der Waals surface area (Å²) in [5, 5.41) is 9.74. The topological polar surface area (TPSA) is 62.4 Å². The van der Waals surface area contributed by atoms with Gasteiger partial charge in [-0.1, -0.05) is 0 Å². The van der Waals surface area contributed by atoms with Crippen molar-refractivity contribution < 1.29 is 9.53 Å². The van der Waals surface area contributed by atoms with Crippen molar-refractivity contribution in [1.82, 2.24) is 5.32 Å². The second-order valence-electron chi connectivity index (χ2n) is 5.80. The van der Waals surface area contributed by atoms with Gasteiger partial charge < -0.3 is 20.7 Å². The minimum absolute atomic E-state index is 0.00123. The number of anilines is 2. The Morgan fingerprint density at radius 1 is 1.20 bits per heavy atom. The number of ether oxygens (including phenoxy) is 1. The molecule has 0 spiro atoms. The summed E-state index contributed by atoms with van der Waals surface area (Å²) in [7, 11) is 0. The number of benzene rings is 1. The molecule has 3 N–H and O–H groups in total. The first-order valence-corrected chi connectivity index (χ1v) is 7.38. The predicted octanol–water partition coefficient (Wildman–Crippen LogP) is 1.57. The van der Waals surface area contributed by atoms with Gasteiger partial charge in [-0.25, -0.2) is 0 Å². The van der Waals surface area contributed by atoms with Gasteiger partial charge in [-0.2, -0.15) is 0 Å². The molecule has 5 heteroatoms. The van der Waals surface area contributed by atoms with Crippen LogP contribution in [0.5, 0.6) is 0 Å². The first kappa shape index (κ1) is 12.0. The van der Waals surface area contributed by atoms with Crippen molar-refractivity contribution in [3.8, 4) is 0 Å². The Bertz CT molecular complexity index is 546. The van der Waals surface area contributed by atoms with Crippen LogP contribution in [0.2, 0.25) is 0 Å². The van der Waals surface area contributed by atoms with Crippen molar-refractivity contribution in [2.24, 2.45) is 0 Å². The number of fused-ring (bicyclic) bond motifs is 3. The Hall–Kier alpha value is -1.75. The summed E-state index contributed by atoms with van der Waals surface area (Å²) in [6.07, 6.45) is 3.76. The lowest BCUT2D eigenvalue weighted by molar-refractivity contribution is 0.0841. The molecule has 0 radical (unpaired) electrons. The van der Waals surface area contributed by atoms with Crippen LogP contribution >= 0.6 is 0 Å². The summed E-state index contributed by atoms with van der Waals surface area (Å²) < 4.78 is 5.78. The van der Waals surface area contributed by atoms with Crippen LogP contribution in [0.4, 0.5) is 11.4 Å². The van der Waals surface area contributed by atoms with Gasteiger partial charge in [-0.05, 0) is 37.5 Å². The highest BCUT2D eigenvalue weighted by atomic mass is 16.5. The lowest BCUT2D eigenvalue weighted by Gasteiger charge is -2.22. The molecule has 106 valence electrons. The summed E-state index contributed by atoms with van der Waals surface area (Å²) in [6.45, 7) is 1.80. The summed E-state index contributed by atoms with van der Waals surface area (Å²) in [5.74, 6) is 0.00123. The van der Waals surface area contributed by atoms with Crippen molar-refractivity contribution >= 4 is 17.3 Å². The molecule has 1 aromatic carbocycles. The number of rotatable bonds is 2. The van der Waals surface area contributed by atoms with Gasteiger partial charge in [-0.15, -0.1) is 0 Å². The zero-order valence-corrected chi connectivity index (χ0v) is 11.3. The Labute approximate surface area is 118 Å². The van der Waals surface area contributed by atoms with Crippen LogP contribution in [0.15, 0.2) is 18.2 Å². The van der Waals surface area contributed by atoms with E-state index < -0.39 is 0 Å². The number of amides is 1. The average Bonchev–Trinajstić information content (AvgIpc) is 3.09. The second-order valence-corrected chi connectivity index (χ2v) is 5.80. The molecule has 3 heterocycles. The van der Waals surface area contributed by atoms with Crippen molar-refractivity contribution in [3.05, 3.63) is 23.8 Å². The van der Waals surface area contributed by atoms with Gasteiger partial charge in [0, 0.05) is 18.7 Å². The molecule has 0 aromatic heterocycles. The Kier molecular flexibility index (Phi) is 2.80. The van der Waals surface area contributed by atoms with E-state index in [0.29, 0.717) is 11.7 Å². The van der Waals surface area contributed by atoms with Crippen molar-refractivity contribution in [2.45, 2.75) is 37.5 Å². The van der Waals surface area contributed by atoms with Crippen LogP contribution in [-0.4, -0.2) is 37.2 Å². The lowest BCUT2D eigenvalue weighted by atomic mass is 9.95. The number of carbonyl (C=O) groups excluding carboxylic acids is 1. The molecule has 20 heavy (non-hydrogen) atoms. The minimum atomic E-state index is 0.00123. The third-order valence-corrected chi connectivity index (χ3v) is 4.46. The van der Waals surface area contributed by atoms with E-state index in [1.165, 1.54) is 0 Å². The van der Waals surface area contributed by atoms with E-state index >= 15 is 0 Å². The molecule has 0 aliphatic carbocycles. The highest BCUT2D eigenvalue weighted by Crippen LogP contribution is 2.34. The fourth-order valence-electron chi connectivity index (χ4n) is 3.42. The maximum Gasteiger partial charge on any atom is 0.251 e. The second kappa shape index (κ2) is 4.66. The van der Waals surface area contributed by atoms with E-state index in [4.69, 9.17) is 4.74 Å². The molecule has 4 rings (SSSR count). The molecule has 3 aliphatic heterocycles. The van der Waals surface area contributed by atoms with E-state index in [-0.39, 0.29) is 18.1 Å². The number of hydrogen-bond donors (Lipinski definition) is 3. The molecule has 3 aliphatic rings. The predicted molar refractivity (Wildman–Crippen MR) is 77.2 cm³/mol. The standard InChI is InChI=1S/C15H19N3O2/c19-15(18-13-8-10-2-4-14(13)20-10)9-1-3-11-12(7-9)17-6-5-16-11/h1,3,7,10,13-14,16-17H,2,4-6,8H2,(H,18,19). The first-order chi connectivity index (χ1) is 9.79. The van der Waals surface area contributed by atoms with Crippen LogP contribution in [0, 0.1) is 0 Å². The zero-order chi connectivity index (χ0) is 13.5. The van der Waals surface area contributed by atoms with E-state index in [0.717, 1.165) is 43.7 Å². The van der Waals surface area contributed by atoms with Gasteiger partial charge in [0.15, 0.2) is 0 Å². The van der Waals surface area contributed by atoms with Crippen molar-refractivity contribution in [3.63, 3.8) is 0 Å². The molecule has 2 bridgehead atoms. The summed E-state index contributed by atoms with van der Waals surface area (Å²) in [6, 6.07) is 5.95. The van der Waals surface area contributed by atoms with E-state index in [1.54, 1.807) is 0 Å². The molecule has 2 saturated heterocycles. The van der Waals surface area contributed by atoms with Gasteiger partial charge in [0.25, 0.3) is 5.91 Å². The summed E-state index contributed by atoms with van der Waals surface area (Å²) in [5.41, 5.74) is 2.78. The molecular weight excluding hydrogens is 254 g/mol. The fraction of sp³-hybridized carbons (Fsp3) is 0.533. The Balaban J connectivity index is 1.48. The third kappa shape index (κ3) is 2.02. The van der Waals surface area contributed by atoms with Crippen molar-refractivity contribution in [1.29, 1.82) is 0 Å². The SMILES string of the molecule is O=C(NC1CC2CCC1O2)c1ccc2c(c1)NCCN2. The van der Waals surface area contributed by atoms with Gasteiger partial charge in [0.05, 0.1) is 29.6 Å². The van der Waals surface area contributed by atoms with Crippen LogP contribution < -0.4 is 16.0 Å². The van der Waals surface area contributed by atoms with Crippen LogP contribution in [0.1, 0.15) is 29.6 Å². The minimum Gasteiger partial charge on any atom is -0.382 e. The van der Waals surface area contributed by atoms with E-state index in [2.05, 4.69) is 16.0 Å². The van der Waals surface area contributed by atoms with Crippen molar-refractivity contribution in [2.75, 3.05) is 23.7 Å². The number of carbonyl (C=O) groups is 1. The molecule has 3 unspecified atom stereocenters. The maximum absolute atomic E-state index is 12.3. The van der Waals surface area contributed by atoms with Gasteiger partial charge in [-0.3, -0.25) is 4.79 Å². The van der Waals surface area contributed by atoms with E-state index in [9.17, 15) is 4.79 Å². The average molecular weight is 273 g/mol. The first-order valence-electron chi connectivity index (χ1n) is 7.38. The molecular formula is C15H19N3O2. The monoisotopic (exact) mass is 273 g/mol.